The predicted octanol–water partition coefficient (Wildman–Crippen LogP) is 4.79. The maximum Gasteiger partial charge on any atom is 0.242 e. The molecular weight excluding hydrogens is 577 g/mol. The van der Waals surface area contributed by atoms with E-state index in [-0.39, 0.29) is 43.8 Å². The standard InChI is InChI=1S/C28H35Cl2N3O6S/c1-19(28(35)31-20-7-3-4-8-20)32(18-22-23(29)9-5-10-24(22)30)27(34)11-6-14-33(40(2,36)37)21-12-13-25-26(17-21)39-16-15-38-25/h5,9-10,12-13,17,19-20H,3-4,6-8,11,14-16,18H2,1-2H3,(H,31,35)/t19-/m0/s1. The molecule has 0 unspecified atom stereocenters. The fraction of sp³-hybridized carbons (Fsp3) is 0.500. The molecule has 0 radical (unpaired) electrons. The molecule has 1 saturated carbocycles. The number of hydrogen-bond donors (Lipinski definition) is 1. The number of amides is 2. The van der Waals surface area contributed by atoms with E-state index in [1.165, 1.54) is 9.21 Å². The van der Waals surface area contributed by atoms with Gasteiger partial charge in [-0.05, 0) is 50.5 Å². The Morgan fingerprint density at radius 3 is 2.35 bits per heavy atom. The molecular formula is C28H35Cl2N3O6S. The van der Waals surface area contributed by atoms with Crippen molar-refractivity contribution in [3.05, 3.63) is 52.0 Å². The lowest BCUT2D eigenvalue weighted by Gasteiger charge is -2.31. The van der Waals surface area contributed by atoms with Crippen LogP contribution in [0.25, 0.3) is 0 Å². The van der Waals surface area contributed by atoms with Gasteiger partial charge in [0.1, 0.15) is 19.3 Å². The van der Waals surface area contributed by atoms with Crippen LogP contribution < -0.4 is 19.1 Å². The first-order chi connectivity index (χ1) is 19.0. The van der Waals surface area contributed by atoms with Crippen LogP contribution in [0.4, 0.5) is 5.69 Å². The van der Waals surface area contributed by atoms with Gasteiger partial charge < -0.3 is 19.7 Å². The zero-order chi connectivity index (χ0) is 28.9. The normalized spacial score (nSPS) is 15.9. The molecule has 218 valence electrons. The molecule has 0 spiro atoms. The molecule has 1 aliphatic heterocycles. The van der Waals surface area contributed by atoms with E-state index in [4.69, 9.17) is 32.7 Å². The van der Waals surface area contributed by atoms with E-state index in [1.54, 1.807) is 43.3 Å². The van der Waals surface area contributed by atoms with Gasteiger partial charge in [0.05, 0.1) is 11.9 Å². The molecule has 1 aliphatic carbocycles. The van der Waals surface area contributed by atoms with Gasteiger partial charge in [-0.15, -0.1) is 0 Å². The highest BCUT2D eigenvalue weighted by atomic mass is 35.5. The topological polar surface area (TPSA) is 105 Å². The predicted molar refractivity (Wildman–Crippen MR) is 156 cm³/mol. The minimum atomic E-state index is -3.65. The van der Waals surface area contributed by atoms with Crippen molar-refractivity contribution in [1.29, 1.82) is 0 Å². The van der Waals surface area contributed by atoms with Gasteiger partial charge in [0.15, 0.2) is 11.5 Å². The van der Waals surface area contributed by atoms with Crippen LogP contribution in [0.3, 0.4) is 0 Å². The van der Waals surface area contributed by atoms with Crippen LogP contribution in [0.5, 0.6) is 11.5 Å². The van der Waals surface area contributed by atoms with Gasteiger partial charge in [-0.3, -0.25) is 13.9 Å². The fourth-order valence-corrected chi connectivity index (χ4v) is 6.49. The number of nitrogens with one attached hydrogen (secondary N) is 1. The fourth-order valence-electron chi connectivity index (χ4n) is 5.02. The lowest BCUT2D eigenvalue weighted by molar-refractivity contribution is -0.140. The first-order valence-corrected chi connectivity index (χ1v) is 16.0. The summed E-state index contributed by atoms with van der Waals surface area (Å²) in [6, 6.07) is 9.36. The van der Waals surface area contributed by atoms with E-state index in [1.807, 2.05) is 0 Å². The Hall–Kier alpha value is -2.69. The molecule has 1 fully saturated rings. The lowest BCUT2D eigenvalue weighted by Crippen LogP contribution is -2.49. The summed E-state index contributed by atoms with van der Waals surface area (Å²) in [4.78, 5) is 28.2. The van der Waals surface area contributed by atoms with E-state index in [2.05, 4.69) is 5.32 Å². The summed E-state index contributed by atoms with van der Waals surface area (Å²) in [5.41, 5.74) is 0.969. The van der Waals surface area contributed by atoms with Crippen molar-refractivity contribution in [2.75, 3.05) is 30.3 Å². The number of anilines is 1. The van der Waals surface area contributed by atoms with Crippen molar-refractivity contribution >= 4 is 50.7 Å². The Morgan fingerprint density at radius 1 is 1.05 bits per heavy atom. The number of benzene rings is 2. The van der Waals surface area contributed by atoms with Crippen molar-refractivity contribution in [1.82, 2.24) is 10.2 Å². The number of ether oxygens (including phenoxy) is 2. The van der Waals surface area contributed by atoms with Crippen molar-refractivity contribution in [3.8, 4) is 11.5 Å². The molecule has 12 heteroatoms. The number of carbonyl (C=O) groups is 2. The highest BCUT2D eigenvalue weighted by molar-refractivity contribution is 7.92. The summed E-state index contributed by atoms with van der Waals surface area (Å²) < 4.78 is 37.7. The molecule has 2 aromatic carbocycles. The third-order valence-electron chi connectivity index (χ3n) is 7.22. The first kappa shape index (κ1) is 30.3. The Kier molecular flexibility index (Phi) is 10.1. The van der Waals surface area contributed by atoms with Crippen molar-refractivity contribution in [2.45, 2.75) is 64.1 Å². The van der Waals surface area contributed by atoms with Gasteiger partial charge in [-0.1, -0.05) is 42.1 Å². The number of sulfonamides is 1. The van der Waals surface area contributed by atoms with Crippen molar-refractivity contribution in [3.63, 3.8) is 0 Å². The van der Waals surface area contributed by atoms with E-state index in [9.17, 15) is 18.0 Å². The minimum Gasteiger partial charge on any atom is -0.486 e. The van der Waals surface area contributed by atoms with E-state index >= 15 is 0 Å². The minimum absolute atomic E-state index is 0.0136. The number of halogens is 2. The van der Waals surface area contributed by atoms with Crippen LogP contribution in [0.15, 0.2) is 36.4 Å². The molecule has 2 aliphatic rings. The summed E-state index contributed by atoms with van der Waals surface area (Å²) in [6.45, 7) is 2.60. The van der Waals surface area contributed by atoms with Gasteiger partial charge in [-0.25, -0.2) is 8.42 Å². The monoisotopic (exact) mass is 611 g/mol. The highest BCUT2D eigenvalue weighted by Crippen LogP contribution is 2.35. The SMILES string of the molecule is C[C@@H](C(=O)NC1CCCC1)N(Cc1c(Cl)cccc1Cl)C(=O)CCCN(c1ccc2c(c1)OCCO2)S(C)(=O)=O. The summed E-state index contributed by atoms with van der Waals surface area (Å²) >= 11 is 12.8. The second-order valence-corrected chi connectivity index (χ2v) is 12.9. The Labute approximate surface area is 245 Å². The van der Waals surface area contributed by atoms with Crippen LogP contribution >= 0.6 is 23.2 Å². The van der Waals surface area contributed by atoms with Crippen molar-refractivity contribution < 1.29 is 27.5 Å². The largest absolute Gasteiger partial charge is 0.486 e. The van der Waals surface area contributed by atoms with Gasteiger partial charge in [0, 0.05) is 47.2 Å². The Balaban J connectivity index is 1.48. The van der Waals surface area contributed by atoms with Crippen LogP contribution in [0.2, 0.25) is 10.0 Å². The second-order valence-electron chi connectivity index (χ2n) is 10.2. The van der Waals surface area contributed by atoms with E-state index in [0.29, 0.717) is 46.0 Å². The van der Waals surface area contributed by atoms with Gasteiger partial charge in [0.2, 0.25) is 21.8 Å². The third-order valence-corrected chi connectivity index (χ3v) is 9.13. The zero-order valence-electron chi connectivity index (χ0n) is 22.7. The molecule has 0 aromatic heterocycles. The molecule has 0 saturated heterocycles. The van der Waals surface area contributed by atoms with Crippen LogP contribution in [0.1, 0.15) is 51.0 Å². The molecule has 2 amide bonds. The lowest BCUT2D eigenvalue weighted by atomic mass is 10.1. The van der Waals surface area contributed by atoms with Crippen LogP contribution in [0, 0.1) is 0 Å². The summed E-state index contributed by atoms with van der Waals surface area (Å²) in [5.74, 6) is 0.480. The van der Waals surface area contributed by atoms with Crippen LogP contribution in [-0.4, -0.2) is 63.2 Å². The molecule has 1 atom stereocenters. The van der Waals surface area contributed by atoms with Gasteiger partial charge >= 0.3 is 0 Å². The summed E-state index contributed by atoms with van der Waals surface area (Å²) in [6.07, 6.45) is 5.33. The summed E-state index contributed by atoms with van der Waals surface area (Å²) in [5, 5.41) is 3.86. The number of hydrogen-bond acceptors (Lipinski definition) is 6. The third kappa shape index (κ3) is 7.53. The molecule has 40 heavy (non-hydrogen) atoms. The average molecular weight is 613 g/mol. The highest BCUT2D eigenvalue weighted by Gasteiger charge is 2.30. The molecule has 4 rings (SSSR count). The number of rotatable bonds is 11. The van der Waals surface area contributed by atoms with Crippen molar-refractivity contribution in [2.24, 2.45) is 0 Å². The maximum absolute atomic E-state index is 13.6. The van der Waals surface area contributed by atoms with Crippen LogP contribution in [-0.2, 0) is 26.2 Å². The first-order valence-electron chi connectivity index (χ1n) is 13.4. The maximum atomic E-state index is 13.6. The molecule has 1 N–H and O–H groups in total. The van der Waals surface area contributed by atoms with Gasteiger partial charge in [-0.2, -0.15) is 0 Å². The second kappa shape index (κ2) is 13.3. The Morgan fingerprint density at radius 2 is 1.70 bits per heavy atom. The Bertz CT molecular complexity index is 1310. The van der Waals surface area contributed by atoms with E-state index < -0.39 is 16.1 Å². The molecule has 9 nitrogen and oxygen atoms in total. The number of nitrogens with zero attached hydrogens (tertiary/aromatic N) is 2. The smallest absolute Gasteiger partial charge is 0.242 e. The zero-order valence-corrected chi connectivity index (χ0v) is 25.0. The van der Waals surface area contributed by atoms with Gasteiger partial charge in [0.25, 0.3) is 0 Å². The quantitative estimate of drug-likeness (QED) is 0.392. The number of carbonyl (C=O) groups excluding carboxylic acids is 2. The molecule has 2 aromatic rings. The average Bonchev–Trinajstić information content (AvgIpc) is 3.42. The van der Waals surface area contributed by atoms with E-state index in [0.717, 1.165) is 31.9 Å². The molecule has 0 bridgehead atoms. The molecule has 1 heterocycles. The number of fused-ring (bicyclic) bond motifs is 1. The summed E-state index contributed by atoms with van der Waals surface area (Å²) in [7, 11) is -3.65.